The molecule has 0 aliphatic rings. The number of rotatable bonds is 11. The molecule has 1 heterocycles. The van der Waals surface area contributed by atoms with Crippen molar-refractivity contribution in [2.24, 2.45) is 0 Å². The lowest BCUT2D eigenvalue weighted by molar-refractivity contribution is -0.136. The smallest absolute Gasteiger partial charge is 0.310 e. The van der Waals surface area contributed by atoms with Crippen molar-refractivity contribution in [1.29, 1.82) is 0 Å². The van der Waals surface area contributed by atoms with E-state index < -0.39 is 5.97 Å². The molecule has 4 nitrogen and oxygen atoms in total. The zero-order chi connectivity index (χ0) is 18.1. The zero-order valence-corrected chi connectivity index (χ0v) is 15.9. The summed E-state index contributed by atoms with van der Waals surface area (Å²) in [5, 5.41) is 11.4. The van der Waals surface area contributed by atoms with Crippen LogP contribution < -0.4 is 4.74 Å². The van der Waals surface area contributed by atoms with Crippen LogP contribution in [0.3, 0.4) is 0 Å². The summed E-state index contributed by atoms with van der Waals surface area (Å²) in [6.45, 7) is 2.24. The maximum atomic E-state index is 10.8. The molecule has 136 valence electrons. The third kappa shape index (κ3) is 6.16. The standard InChI is InChI=1S/C20H27NO3S/c1-3-4-5-6-7-8-9-15-10-11-18(24-2)16(12-15)17-14-25-19(21-17)13-20(22)23/h10-12,14H,3-9,13H2,1-2H3,(H,22,23). The van der Waals surface area contributed by atoms with Crippen molar-refractivity contribution in [3.05, 3.63) is 34.2 Å². The van der Waals surface area contributed by atoms with E-state index in [9.17, 15) is 4.79 Å². The Kier molecular flexibility index (Phi) is 7.92. The summed E-state index contributed by atoms with van der Waals surface area (Å²) < 4.78 is 5.46. The second-order valence-corrected chi connectivity index (χ2v) is 7.19. The first-order chi connectivity index (χ1) is 12.1. The number of ether oxygens (including phenoxy) is 1. The van der Waals surface area contributed by atoms with E-state index in [0.29, 0.717) is 5.01 Å². The fraction of sp³-hybridized carbons (Fsp3) is 0.500. The van der Waals surface area contributed by atoms with Crippen molar-refractivity contribution >= 4 is 17.3 Å². The number of unbranched alkanes of at least 4 members (excludes halogenated alkanes) is 5. The Hall–Kier alpha value is -1.88. The van der Waals surface area contributed by atoms with E-state index in [4.69, 9.17) is 9.84 Å². The van der Waals surface area contributed by atoms with E-state index in [1.54, 1.807) is 7.11 Å². The molecule has 2 rings (SSSR count). The number of methoxy groups -OCH3 is 1. The first-order valence-electron chi connectivity index (χ1n) is 8.97. The molecule has 1 aromatic heterocycles. The Balaban J connectivity index is 2.04. The van der Waals surface area contributed by atoms with Crippen LogP contribution in [0.2, 0.25) is 0 Å². The molecular weight excluding hydrogens is 334 g/mol. The van der Waals surface area contributed by atoms with Crippen LogP contribution >= 0.6 is 11.3 Å². The van der Waals surface area contributed by atoms with Crippen LogP contribution in [0.1, 0.15) is 56.0 Å². The second-order valence-electron chi connectivity index (χ2n) is 6.25. The Morgan fingerprint density at radius 1 is 1.20 bits per heavy atom. The average Bonchev–Trinajstić information content (AvgIpc) is 3.05. The van der Waals surface area contributed by atoms with Gasteiger partial charge in [-0.15, -0.1) is 11.3 Å². The number of aliphatic carboxylic acids is 1. The maximum Gasteiger partial charge on any atom is 0.310 e. The van der Waals surface area contributed by atoms with Gasteiger partial charge in [0.25, 0.3) is 0 Å². The fourth-order valence-corrected chi connectivity index (χ4v) is 3.65. The van der Waals surface area contributed by atoms with Crippen molar-refractivity contribution in [1.82, 2.24) is 4.98 Å². The number of nitrogens with zero attached hydrogens (tertiary/aromatic N) is 1. The summed E-state index contributed by atoms with van der Waals surface area (Å²) >= 11 is 1.38. The molecule has 0 radical (unpaired) electrons. The van der Waals surface area contributed by atoms with E-state index in [1.807, 2.05) is 11.4 Å². The predicted octanol–water partition coefficient (Wildman–Crippen LogP) is 5.35. The van der Waals surface area contributed by atoms with Gasteiger partial charge in [-0.3, -0.25) is 4.79 Å². The Morgan fingerprint density at radius 2 is 1.96 bits per heavy atom. The van der Waals surface area contributed by atoms with Gasteiger partial charge in [-0.05, 0) is 30.5 Å². The summed E-state index contributed by atoms with van der Waals surface area (Å²) in [4.78, 5) is 15.3. The normalized spacial score (nSPS) is 10.8. The highest BCUT2D eigenvalue weighted by Gasteiger charge is 2.12. The second kappa shape index (κ2) is 10.2. The molecular formula is C20H27NO3S. The SMILES string of the molecule is CCCCCCCCc1ccc(OC)c(-c2csc(CC(=O)O)n2)c1. The van der Waals surface area contributed by atoms with Crippen molar-refractivity contribution in [3.8, 4) is 17.0 Å². The Morgan fingerprint density at radius 3 is 2.68 bits per heavy atom. The van der Waals surface area contributed by atoms with Crippen LogP contribution in [0, 0.1) is 0 Å². The molecule has 2 aromatic rings. The van der Waals surface area contributed by atoms with Crippen LogP contribution in [-0.2, 0) is 17.6 Å². The number of hydrogen-bond acceptors (Lipinski definition) is 4. The van der Waals surface area contributed by atoms with Gasteiger partial charge < -0.3 is 9.84 Å². The van der Waals surface area contributed by atoms with Crippen LogP contribution in [-0.4, -0.2) is 23.2 Å². The van der Waals surface area contributed by atoms with E-state index in [0.717, 1.165) is 23.4 Å². The number of aromatic nitrogens is 1. The van der Waals surface area contributed by atoms with Gasteiger partial charge in [-0.1, -0.05) is 45.1 Å². The highest BCUT2D eigenvalue weighted by atomic mass is 32.1. The first kappa shape index (κ1) is 19.4. The third-order valence-electron chi connectivity index (χ3n) is 4.21. The van der Waals surface area contributed by atoms with Gasteiger partial charge in [0.1, 0.15) is 10.8 Å². The highest BCUT2D eigenvalue weighted by molar-refractivity contribution is 7.10. The quantitative estimate of drug-likeness (QED) is 0.548. The van der Waals surface area contributed by atoms with Gasteiger partial charge in [0, 0.05) is 10.9 Å². The van der Waals surface area contributed by atoms with Gasteiger partial charge >= 0.3 is 5.97 Å². The molecule has 0 saturated heterocycles. The number of carboxylic acid groups (broad SMARTS) is 1. The molecule has 0 spiro atoms. The minimum Gasteiger partial charge on any atom is -0.496 e. The summed E-state index contributed by atoms with van der Waals surface area (Å²) in [6.07, 6.45) is 8.71. The molecule has 0 fully saturated rings. The third-order valence-corrected chi connectivity index (χ3v) is 5.06. The molecule has 0 saturated carbocycles. The summed E-state index contributed by atoms with van der Waals surface area (Å²) in [5.41, 5.74) is 3.01. The molecule has 1 aromatic carbocycles. The Labute approximate surface area is 153 Å². The summed E-state index contributed by atoms with van der Waals surface area (Å²) in [5.74, 6) is -0.0800. The van der Waals surface area contributed by atoms with Gasteiger partial charge in [0.2, 0.25) is 0 Å². The van der Waals surface area contributed by atoms with Gasteiger partial charge in [-0.25, -0.2) is 4.98 Å². The molecule has 0 aliphatic heterocycles. The predicted molar refractivity (Wildman–Crippen MR) is 103 cm³/mol. The zero-order valence-electron chi connectivity index (χ0n) is 15.1. The summed E-state index contributed by atoms with van der Waals surface area (Å²) in [6, 6.07) is 6.22. The van der Waals surface area contributed by atoms with Crippen LogP contribution in [0.25, 0.3) is 11.3 Å². The lowest BCUT2D eigenvalue weighted by Gasteiger charge is -2.09. The van der Waals surface area contributed by atoms with Crippen molar-refractivity contribution in [2.45, 2.75) is 58.3 Å². The van der Waals surface area contributed by atoms with E-state index in [2.05, 4.69) is 24.0 Å². The minimum atomic E-state index is -0.857. The lowest BCUT2D eigenvalue weighted by Crippen LogP contribution is -1.99. The van der Waals surface area contributed by atoms with Crippen molar-refractivity contribution < 1.29 is 14.6 Å². The van der Waals surface area contributed by atoms with Crippen molar-refractivity contribution in [3.63, 3.8) is 0 Å². The lowest BCUT2D eigenvalue weighted by atomic mass is 10.0. The molecule has 0 amide bonds. The number of carboxylic acids is 1. The number of hydrogen-bond donors (Lipinski definition) is 1. The molecule has 1 N–H and O–H groups in total. The minimum absolute atomic E-state index is 0.0373. The molecule has 0 aliphatic carbocycles. The molecule has 25 heavy (non-hydrogen) atoms. The fourth-order valence-electron chi connectivity index (χ4n) is 2.87. The van der Waals surface area contributed by atoms with Crippen LogP contribution in [0.5, 0.6) is 5.75 Å². The van der Waals surface area contributed by atoms with Gasteiger partial charge in [0.05, 0.1) is 19.2 Å². The molecule has 0 bridgehead atoms. The number of aryl methyl sites for hydroxylation is 1. The van der Waals surface area contributed by atoms with Crippen molar-refractivity contribution in [2.75, 3.05) is 7.11 Å². The maximum absolute atomic E-state index is 10.8. The highest BCUT2D eigenvalue weighted by Crippen LogP contribution is 2.32. The first-order valence-corrected chi connectivity index (χ1v) is 9.85. The van der Waals surface area contributed by atoms with E-state index in [1.165, 1.54) is 55.4 Å². The van der Waals surface area contributed by atoms with E-state index in [-0.39, 0.29) is 6.42 Å². The Bertz CT molecular complexity index is 681. The monoisotopic (exact) mass is 361 g/mol. The van der Waals surface area contributed by atoms with Crippen LogP contribution in [0.4, 0.5) is 0 Å². The number of thiazole rings is 1. The number of benzene rings is 1. The van der Waals surface area contributed by atoms with E-state index >= 15 is 0 Å². The summed E-state index contributed by atoms with van der Waals surface area (Å²) in [7, 11) is 1.65. The number of carbonyl (C=O) groups is 1. The largest absolute Gasteiger partial charge is 0.496 e. The van der Waals surface area contributed by atoms with Gasteiger partial charge in [0.15, 0.2) is 0 Å². The average molecular weight is 362 g/mol. The topological polar surface area (TPSA) is 59.4 Å². The molecule has 5 heteroatoms. The van der Waals surface area contributed by atoms with Crippen LogP contribution in [0.15, 0.2) is 23.6 Å². The molecule has 0 atom stereocenters. The van der Waals surface area contributed by atoms with Gasteiger partial charge in [-0.2, -0.15) is 0 Å². The molecule has 0 unspecified atom stereocenters.